The van der Waals surface area contributed by atoms with Gasteiger partial charge in [-0.15, -0.1) is 0 Å². The number of esters is 1. The summed E-state index contributed by atoms with van der Waals surface area (Å²) in [4.78, 5) is 35.5. The number of carbonyl (C=O) groups is 3. The zero-order valence-corrected chi connectivity index (χ0v) is 18.3. The third kappa shape index (κ3) is 8.60. The molecule has 7 heteroatoms. The zero-order chi connectivity index (χ0) is 22.6. The van der Waals surface area contributed by atoms with E-state index in [-0.39, 0.29) is 11.8 Å². The molecule has 0 bridgehead atoms. The molecule has 0 spiro atoms. The molecular formula is C24H31N3O4. The van der Waals surface area contributed by atoms with E-state index < -0.39 is 18.1 Å². The topological polar surface area (TPSA) is 96.5 Å². The predicted molar refractivity (Wildman–Crippen MR) is 121 cm³/mol. The minimum absolute atomic E-state index is 0.108. The monoisotopic (exact) mass is 425 g/mol. The van der Waals surface area contributed by atoms with Gasteiger partial charge >= 0.3 is 5.97 Å². The molecule has 2 atom stereocenters. The zero-order valence-electron chi connectivity index (χ0n) is 18.3. The fourth-order valence-electron chi connectivity index (χ4n) is 3.18. The molecule has 0 radical (unpaired) electrons. The summed E-state index contributed by atoms with van der Waals surface area (Å²) in [6.07, 6.45) is 2.07. The summed E-state index contributed by atoms with van der Waals surface area (Å²) in [5.41, 5.74) is 2.99. The van der Waals surface area contributed by atoms with Crippen molar-refractivity contribution in [3.8, 4) is 0 Å². The highest BCUT2D eigenvalue weighted by Gasteiger charge is 2.22. The SMILES string of the molecule is COC(=O)C(C)NC(=O)C(CCc1ccccc1)NCCc1ccc(NC(C)=O)cc1. The Morgan fingerprint density at radius 2 is 1.58 bits per heavy atom. The summed E-state index contributed by atoms with van der Waals surface area (Å²) in [5, 5.41) is 8.78. The molecule has 0 aliphatic carbocycles. The summed E-state index contributed by atoms with van der Waals surface area (Å²) in [7, 11) is 1.30. The number of benzene rings is 2. The maximum absolute atomic E-state index is 12.8. The first-order chi connectivity index (χ1) is 14.9. The molecule has 2 rings (SSSR count). The van der Waals surface area contributed by atoms with Crippen molar-refractivity contribution in [2.75, 3.05) is 19.0 Å². The molecular weight excluding hydrogens is 394 g/mol. The molecule has 2 aromatic rings. The Bertz CT molecular complexity index is 853. The van der Waals surface area contributed by atoms with E-state index in [0.717, 1.165) is 29.7 Å². The minimum atomic E-state index is -0.708. The smallest absolute Gasteiger partial charge is 0.328 e. The van der Waals surface area contributed by atoms with Crippen LogP contribution in [0, 0.1) is 0 Å². The van der Waals surface area contributed by atoms with Crippen LogP contribution in [0.2, 0.25) is 0 Å². The van der Waals surface area contributed by atoms with E-state index >= 15 is 0 Å². The summed E-state index contributed by atoms with van der Waals surface area (Å²) >= 11 is 0. The largest absolute Gasteiger partial charge is 0.467 e. The number of aryl methyl sites for hydroxylation is 1. The highest BCUT2D eigenvalue weighted by molar-refractivity contribution is 5.88. The molecule has 31 heavy (non-hydrogen) atoms. The lowest BCUT2D eigenvalue weighted by molar-refractivity contribution is -0.144. The van der Waals surface area contributed by atoms with Crippen LogP contribution < -0.4 is 16.0 Å². The number of hydrogen-bond donors (Lipinski definition) is 3. The number of ether oxygens (including phenoxy) is 1. The number of hydrogen-bond acceptors (Lipinski definition) is 5. The Labute approximate surface area is 183 Å². The standard InChI is InChI=1S/C24H31N3O4/c1-17(24(30)31-3)26-23(29)22(14-11-19-7-5-4-6-8-19)25-16-15-20-9-12-21(13-10-20)27-18(2)28/h4-10,12-13,17,22,25H,11,14-16H2,1-3H3,(H,26,29)(H,27,28). The molecule has 0 saturated heterocycles. The molecule has 166 valence electrons. The van der Waals surface area contributed by atoms with Crippen molar-refractivity contribution in [3.63, 3.8) is 0 Å². The van der Waals surface area contributed by atoms with Crippen LogP contribution in [-0.4, -0.2) is 43.5 Å². The van der Waals surface area contributed by atoms with Crippen molar-refractivity contribution in [3.05, 3.63) is 65.7 Å². The van der Waals surface area contributed by atoms with Crippen LogP contribution in [0.5, 0.6) is 0 Å². The molecule has 0 heterocycles. The van der Waals surface area contributed by atoms with E-state index in [1.807, 2.05) is 54.6 Å². The summed E-state index contributed by atoms with van der Waals surface area (Å²) in [5.74, 6) is -0.813. The van der Waals surface area contributed by atoms with Gasteiger partial charge < -0.3 is 20.7 Å². The molecule has 0 aromatic heterocycles. The second kappa shape index (κ2) is 12.5. The summed E-state index contributed by atoms with van der Waals surface area (Å²) < 4.78 is 4.69. The number of amides is 2. The van der Waals surface area contributed by atoms with Crippen LogP contribution in [0.3, 0.4) is 0 Å². The molecule has 0 fully saturated rings. The number of anilines is 1. The third-order valence-electron chi connectivity index (χ3n) is 4.87. The van der Waals surface area contributed by atoms with Crippen LogP contribution in [-0.2, 0) is 32.0 Å². The van der Waals surface area contributed by atoms with Crippen molar-refractivity contribution in [2.24, 2.45) is 0 Å². The summed E-state index contributed by atoms with van der Waals surface area (Å²) in [6, 6.07) is 16.4. The number of rotatable bonds is 11. The molecule has 0 saturated carbocycles. The van der Waals surface area contributed by atoms with Gasteiger partial charge in [0.05, 0.1) is 13.2 Å². The van der Waals surface area contributed by atoms with Crippen LogP contribution >= 0.6 is 0 Å². The average molecular weight is 426 g/mol. The molecule has 0 aliphatic heterocycles. The first kappa shape index (κ1) is 24.1. The molecule has 7 nitrogen and oxygen atoms in total. The van der Waals surface area contributed by atoms with Crippen molar-refractivity contribution >= 4 is 23.5 Å². The first-order valence-corrected chi connectivity index (χ1v) is 10.4. The van der Waals surface area contributed by atoms with E-state index in [9.17, 15) is 14.4 Å². The average Bonchev–Trinajstić information content (AvgIpc) is 2.76. The number of nitrogens with one attached hydrogen (secondary N) is 3. The van der Waals surface area contributed by atoms with Gasteiger partial charge in [-0.2, -0.15) is 0 Å². The van der Waals surface area contributed by atoms with Crippen molar-refractivity contribution < 1.29 is 19.1 Å². The van der Waals surface area contributed by atoms with Gasteiger partial charge in [-0.25, -0.2) is 4.79 Å². The Kier molecular flexibility index (Phi) is 9.71. The van der Waals surface area contributed by atoms with E-state index in [1.165, 1.54) is 14.0 Å². The molecule has 0 aliphatic rings. The Hall–Kier alpha value is -3.19. The number of carbonyl (C=O) groups excluding carboxylic acids is 3. The normalized spacial score (nSPS) is 12.5. The van der Waals surface area contributed by atoms with Gasteiger partial charge in [0.2, 0.25) is 11.8 Å². The van der Waals surface area contributed by atoms with Crippen molar-refractivity contribution in [1.82, 2.24) is 10.6 Å². The van der Waals surface area contributed by atoms with Gasteiger partial charge in [0.1, 0.15) is 6.04 Å². The fraction of sp³-hybridized carbons (Fsp3) is 0.375. The fourth-order valence-corrected chi connectivity index (χ4v) is 3.18. The number of methoxy groups -OCH3 is 1. The highest BCUT2D eigenvalue weighted by atomic mass is 16.5. The summed E-state index contributed by atoms with van der Waals surface area (Å²) in [6.45, 7) is 3.67. The molecule has 3 N–H and O–H groups in total. The predicted octanol–water partition coefficient (Wildman–Crippen LogP) is 2.46. The third-order valence-corrected chi connectivity index (χ3v) is 4.87. The van der Waals surface area contributed by atoms with Gasteiger partial charge in [-0.1, -0.05) is 42.5 Å². The lowest BCUT2D eigenvalue weighted by Crippen LogP contribution is -2.50. The van der Waals surface area contributed by atoms with Crippen LogP contribution in [0.15, 0.2) is 54.6 Å². The van der Waals surface area contributed by atoms with Crippen LogP contribution in [0.1, 0.15) is 31.4 Å². The maximum Gasteiger partial charge on any atom is 0.328 e. The Morgan fingerprint density at radius 1 is 0.935 bits per heavy atom. The van der Waals surface area contributed by atoms with E-state index in [0.29, 0.717) is 13.0 Å². The molecule has 2 aromatic carbocycles. The molecule has 2 unspecified atom stereocenters. The van der Waals surface area contributed by atoms with Gasteiger partial charge in [-0.3, -0.25) is 9.59 Å². The first-order valence-electron chi connectivity index (χ1n) is 10.4. The van der Waals surface area contributed by atoms with Gasteiger partial charge in [0.25, 0.3) is 0 Å². The lowest BCUT2D eigenvalue weighted by Gasteiger charge is -2.21. The Balaban J connectivity index is 1.94. The van der Waals surface area contributed by atoms with Crippen LogP contribution in [0.4, 0.5) is 5.69 Å². The minimum Gasteiger partial charge on any atom is -0.467 e. The van der Waals surface area contributed by atoms with E-state index in [1.54, 1.807) is 6.92 Å². The lowest BCUT2D eigenvalue weighted by atomic mass is 10.0. The van der Waals surface area contributed by atoms with Crippen LogP contribution in [0.25, 0.3) is 0 Å². The van der Waals surface area contributed by atoms with Gasteiger partial charge in [-0.05, 0) is 56.0 Å². The second-order valence-electron chi connectivity index (χ2n) is 7.41. The van der Waals surface area contributed by atoms with E-state index in [4.69, 9.17) is 4.74 Å². The van der Waals surface area contributed by atoms with Gasteiger partial charge in [0.15, 0.2) is 0 Å². The highest BCUT2D eigenvalue weighted by Crippen LogP contribution is 2.10. The quantitative estimate of drug-likeness (QED) is 0.481. The van der Waals surface area contributed by atoms with Crippen molar-refractivity contribution in [2.45, 2.75) is 45.2 Å². The van der Waals surface area contributed by atoms with E-state index in [2.05, 4.69) is 16.0 Å². The van der Waals surface area contributed by atoms with Gasteiger partial charge in [0, 0.05) is 12.6 Å². The van der Waals surface area contributed by atoms with Crippen molar-refractivity contribution in [1.29, 1.82) is 0 Å². The Morgan fingerprint density at radius 3 is 2.19 bits per heavy atom. The second-order valence-corrected chi connectivity index (χ2v) is 7.41. The maximum atomic E-state index is 12.8. The molecule has 2 amide bonds.